The van der Waals surface area contributed by atoms with Gasteiger partial charge in [-0.3, -0.25) is 9.59 Å². The van der Waals surface area contributed by atoms with Crippen molar-refractivity contribution in [2.24, 2.45) is 0 Å². The lowest BCUT2D eigenvalue weighted by Crippen LogP contribution is -2.37. The number of carbonyl (C=O) groups excluding carboxylic acids is 2. The summed E-state index contributed by atoms with van der Waals surface area (Å²) >= 11 is 0. The first-order valence-corrected chi connectivity index (χ1v) is 9.19. The van der Waals surface area contributed by atoms with Crippen molar-refractivity contribution in [1.82, 2.24) is 10.6 Å². The molecule has 2 rings (SSSR count). The molecule has 138 valence electrons. The number of hydrogen-bond acceptors (Lipinski definition) is 2. The van der Waals surface area contributed by atoms with Gasteiger partial charge in [-0.05, 0) is 37.8 Å². The zero-order valence-electron chi connectivity index (χ0n) is 15.6. The van der Waals surface area contributed by atoms with Gasteiger partial charge in [-0.1, -0.05) is 60.7 Å². The normalized spacial score (nSPS) is 12.8. The van der Waals surface area contributed by atoms with E-state index in [0.717, 1.165) is 12.8 Å². The molecule has 2 N–H and O–H groups in total. The second kappa shape index (κ2) is 10.4. The van der Waals surface area contributed by atoms with E-state index in [1.165, 1.54) is 11.1 Å². The van der Waals surface area contributed by atoms with E-state index in [1.54, 1.807) is 0 Å². The molecule has 0 saturated carbocycles. The zero-order chi connectivity index (χ0) is 18.8. The molecule has 2 atom stereocenters. The van der Waals surface area contributed by atoms with Crippen LogP contribution < -0.4 is 10.6 Å². The van der Waals surface area contributed by atoms with E-state index in [1.807, 2.05) is 74.5 Å². The summed E-state index contributed by atoms with van der Waals surface area (Å²) in [6.07, 6.45) is 1.99. The molecule has 4 nitrogen and oxygen atoms in total. The summed E-state index contributed by atoms with van der Waals surface area (Å²) in [5.74, 6) is -0.168. The van der Waals surface area contributed by atoms with Crippen molar-refractivity contribution in [3.8, 4) is 0 Å². The van der Waals surface area contributed by atoms with Crippen LogP contribution in [0.5, 0.6) is 0 Å². The number of rotatable bonds is 9. The second-order valence-corrected chi connectivity index (χ2v) is 6.82. The van der Waals surface area contributed by atoms with Crippen molar-refractivity contribution in [3.05, 3.63) is 71.8 Å². The fourth-order valence-electron chi connectivity index (χ4n) is 2.96. The van der Waals surface area contributed by atoms with Crippen molar-refractivity contribution in [2.75, 3.05) is 0 Å². The number of amides is 2. The fraction of sp³-hybridized carbons (Fsp3) is 0.364. The van der Waals surface area contributed by atoms with Crippen LogP contribution in [0.3, 0.4) is 0 Å². The van der Waals surface area contributed by atoms with Crippen molar-refractivity contribution < 1.29 is 9.59 Å². The van der Waals surface area contributed by atoms with Crippen LogP contribution in [-0.4, -0.2) is 23.9 Å². The molecule has 0 aliphatic rings. The molecule has 0 saturated heterocycles. The van der Waals surface area contributed by atoms with E-state index >= 15 is 0 Å². The van der Waals surface area contributed by atoms with Gasteiger partial charge in [0.2, 0.25) is 11.8 Å². The number of hydrogen-bond donors (Lipinski definition) is 2. The molecule has 2 unspecified atom stereocenters. The molecule has 0 bridgehead atoms. The maximum absolute atomic E-state index is 12.0. The third kappa shape index (κ3) is 7.51. The van der Waals surface area contributed by atoms with Crippen LogP contribution in [0.2, 0.25) is 0 Å². The number of carbonyl (C=O) groups is 2. The summed E-state index contributed by atoms with van der Waals surface area (Å²) < 4.78 is 0. The van der Waals surface area contributed by atoms with Crippen LogP contribution in [-0.2, 0) is 22.4 Å². The first-order valence-electron chi connectivity index (χ1n) is 9.19. The third-order valence-corrected chi connectivity index (χ3v) is 4.16. The number of benzene rings is 2. The van der Waals surface area contributed by atoms with Gasteiger partial charge >= 0.3 is 0 Å². The molecule has 0 aliphatic carbocycles. The van der Waals surface area contributed by atoms with E-state index in [0.29, 0.717) is 0 Å². The second-order valence-electron chi connectivity index (χ2n) is 6.82. The van der Waals surface area contributed by atoms with E-state index < -0.39 is 0 Å². The van der Waals surface area contributed by atoms with Crippen molar-refractivity contribution in [3.63, 3.8) is 0 Å². The van der Waals surface area contributed by atoms with Gasteiger partial charge in [0.25, 0.3) is 0 Å². The summed E-state index contributed by atoms with van der Waals surface area (Å²) in [7, 11) is 0. The van der Waals surface area contributed by atoms with Crippen LogP contribution >= 0.6 is 0 Å². The smallest absolute Gasteiger partial charge is 0.220 e. The highest BCUT2D eigenvalue weighted by atomic mass is 16.2. The molecule has 0 heterocycles. The topological polar surface area (TPSA) is 58.2 Å². The summed E-state index contributed by atoms with van der Waals surface area (Å²) in [6.45, 7) is 3.96. The standard InChI is InChI=1S/C22H28N2O2/c1-17(15-19-9-5-3-6-10-19)23-21(25)13-14-22(26)24-18(2)16-20-11-7-4-8-12-20/h3-12,17-18H,13-16H2,1-2H3,(H,23,25)(H,24,26). The molecular weight excluding hydrogens is 324 g/mol. The molecule has 2 amide bonds. The van der Waals surface area contributed by atoms with E-state index in [4.69, 9.17) is 0 Å². The first kappa shape index (κ1) is 19.7. The van der Waals surface area contributed by atoms with E-state index in [-0.39, 0.29) is 36.7 Å². The average Bonchev–Trinajstić information content (AvgIpc) is 2.61. The van der Waals surface area contributed by atoms with Gasteiger partial charge in [0.05, 0.1) is 0 Å². The Balaban J connectivity index is 1.65. The first-order chi connectivity index (χ1) is 12.5. The highest BCUT2D eigenvalue weighted by Crippen LogP contribution is 2.05. The van der Waals surface area contributed by atoms with Crippen molar-refractivity contribution in [1.29, 1.82) is 0 Å². The van der Waals surface area contributed by atoms with E-state index in [9.17, 15) is 9.59 Å². The Morgan fingerprint density at radius 2 is 1.04 bits per heavy atom. The minimum atomic E-state index is -0.0840. The molecule has 0 aliphatic heterocycles. The minimum Gasteiger partial charge on any atom is -0.353 e. The summed E-state index contributed by atoms with van der Waals surface area (Å²) in [6, 6.07) is 20.2. The van der Waals surface area contributed by atoms with E-state index in [2.05, 4.69) is 10.6 Å². The molecule has 0 fully saturated rings. The van der Waals surface area contributed by atoms with Gasteiger partial charge in [0.1, 0.15) is 0 Å². The van der Waals surface area contributed by atoms with Gasteiger partial charge < -0.3 is 10.6 Å². The molecule has 0 aromatic heterocycles. The highest BCUT2D eigenvalue weighted by molar-refractivity contribution is 5.83. The zero-order valence-corrected chi connectivity index (χ0v) is 15.6. The Morgan fingerprint density at radius 1 is 0.692 bits per heavy atom. The van der Waals surface area contributed by atoms with Gasteiger partial charge in [-0.15, -0.1) is 0 Å². The lowest BCUT2D eigenvalue weighted by atomic mass is 10.1. The Morgan fingerprint density at radius 3 is 1.38 bits per heavy atom. The Kier molecular flexibility index (Phi) is 7.87. The maximum atomic E-state index is 12.0. The van der Waals surface area contributed by atoms with Gasteiger partial charge in [0, 0.05) is 24.9 Å². The fourth-order valence-corrected chi connectivity index (χ4v) is 2.96. The summed E-state index contributed by atoms with van der Waals surface area (Å²) in [5.41, 5.74) is 2.38. The predicted octanol–water partition coefficient (Wildman–Crippen LogP) is 3.26. The highest BCUT2D eigenvalue weighted by Gasteiger charge is 2.12. The molecule has 0 radical (unpaired) electrons. The molecular formula is C22H28N2O2. The van der Waals surface area contributed by atoms with Crippen LogP contribution in [0, 0.1) is 0 Å². The van der Waals surface area contributed by atoms with Crippen molar-refractivity contribution >= 4 is 11.8 Å². The Labute approximate surface area is 156 Å². The SMILES string of the molecule is CC(Cc1ccccc1)NC(=O)CCC(=O)NC(C)Cc1ccccc1. The van der Waals surface area contributed by atoms with Crippen LogP contribution in [0.25, 0.3) is 0 Å². The van der Waals surface area contributed by atoms with Gasteiger partial charge in [-0.2, -0.15) is 0 Å². The minimum absolute atomic E-state index is 0.0463. The Hall–Kier alpha value is -2.62. The molecule has 26 heavy (non-hydrogen) atoms. The van der Waals surface area contributed by atoms with Crippen LogP contribution in [0.15, 0.2) is 60.7 Å². The largest absolute Gasteiger partial charge is 0.353 e. The third-order valence-electron chi connectivity index (χ3n) is 4.16. The summed E-state index contributed by atoms with van der Waals surface area (Å²) in [4.78, 5) is 24.1. The number of nitrogens with one attached hydrogen (secondary N) is 2. The predicted molar refractivity (Wildman–Crippen MR) is 105 cm³/mol. The van der Waals surface area contributed by atoms with Gasteiger partial charge in [0.15, 0.2) is 0 Å². The molecule has 2 aromatic rings. The van der Waals surface area contributed by atoms with Crippen LogP contribution in [0.4, 0.5) is 0 Å². The quantitative estimate of drug-likeness (QED) is 0.728. The average molecular weight is 352 g/mol. The molecule has 0 spiro atoms. The monoisotopic (exact) mass is 352 g/mol. The summed E-state index contributed by atoms with van der Waals surface area (Å²) in [5, 5.41) is 5.92. The Bertz CT molecular complexity index is 624. The van der Waals surface area contributed by atoms with Crippen LogP contribution in [0.1, 0.15) is 37.8 Å². The maximum Gasteiger partial charge on any atom is 0.220 e. The lowest BCUT2D eigenvalue weighted by Gasteiger charge is -2.15. The van der Waals surface area contributed by atoms with Gasteiger partial charge in [-0.25, -0.2) is 0 Å². The van der Waals surface area contributed by atoms with Crippen molar-refractivity contribution in [2.45, 2.75) is 51.6 Å². The molecule has 4 heteroatoms. The molecule has 2 aromatic carbocycles. The lowest BCUT2D eigenvalue weighted by molar-refractivity contribution is -0.127.